The van der Waals surface area contributed by atoms with Crippen molar-refractivity contribution in [3.63, 3.8) is 0 Å². The first-order valence-corrected chi connectivity index (χ1v) is 14.9. The normalized spacial score (nSPS) is 22.4. The van der Waals surface area contributed by atoms with Gasteiger partial charge >= 0.3 is 0 Å². The van der Waals surface area contributed by atoms with E-state index in [1.54, 1.807) is 30.2 Å². The second kappa shape index (κ2) is 10.8. The highest BCUT2D eigenvalue weighted by Crippen LogP contribution is 2.37. The summed E-state index contributed by atoms with van der Waals surface area (Å²) in [5, 5.41) is 8.05. The minimum atomic E-state index is -0.781. The second-order valence-corrected chi connectivity index (χ2v) is 12.6. The van der Waals surface area contributed by atoms with Crippen LogP contribution in [0, 0.1) is 0 Å². The van der Waals surface area contributed by atoms with Crippen LogP contribution in [0.3, 0.4) is 0 Å². The molecule has 2 fully saturated rings. The third-order valence-electron chi connectivity index (χ3n) is 8.42. The van der Waals surface area contributed by atoms with E-state index in [1.165, 1.54) is 11.3 Å². The van der Waals surface area contributed by atoms with E-state index < -0.39 is 11.6 Å². The Kier molecular flexibility index (Phi) is 7.32. The summed E-state index contributed by atoms with van der Waals surface area (Å²) in [4.78, 5) is 53.0. The van der Waals surface area contributed by atoms with Crippen molar-refractivity contribution in [3.8, 4) is 0 Å². The van der Waals surface area contributed by atoms with E-state index in [1.807, 2.05) is 6.07 Å². The molecule has 0 radical (unpaired) electrons. The fourth-order valence-electron chi connectivity index (χ4n) is 5.87. The number of amides is 3. The van der Waals surface area contributed by atoms with Crippen molar-refractivity contribution in [2.45, 2.75) is 56.3 Å². The van der Waals surface area contributed by atoms with Gasteiger partial charge in [-0.05, 0) is 57.0 Å². The lowest BCUT2D eigenvalue weighted by atomic mass is 9.78. The number of hydrogen-bond donors (Lipinski definition) is 3. The molecule has 3 aliphatic rings. The Hall–Kier alpha value is -2.99. The van der Waals surface area contributed by atoms with Crippen molar-refractivity contribution in [1.82, 2.24) is 30.4 Å². The van der Waals surface area contributed by atoms with E-state index >= 15 is 0 Å². The van der Waals surface area contributed by atoms with Crippen molar-refractivity contribution in [3.05, 3.63) is 50.6 Å². The minimum Gasteiger partial charge on any atom is -0.368 e. The van der Waals surface area contributed by atoms with E-state index in [0.717, 1.165) is 47.4 Å². The molecule has 1 aromatic carbocycles. The average Bonchev–Trinajstić information content (AvgIpc) is 3.53. The molecule has 4 heterocycles. The van der Waals surface area contributed by atoms with Gasteiger partial charge in [-0.25, -0.2) is 4.98 Å². The number of piperidine rings is 1. The fourth-order valence-corrected chi connectivity index (χ4v) is 7.14. The summed E-state index contributed by atoms with van der Waals surface area (Å²) >= 11 is 7.53. The zero-order valence-electron chi connectivity index (χ0n) is 22.6. The van der Waals surface area contributed by atoms with Crippen LogP contribution in [0.25, 0.3) is 10.9 Å². The molecule has 2 aromatic heterocycles. The molecule has 1 saturated carbocycles. The molecule has 3 aromatic rings. The molecule has 3 N–H and O–H groups in total. The molecule has 1 aliphatic carbocycles. The summed E-state index contributed by atoms with van der Waals surface area (Å²) < 4.78 is 5.64. The Morgan fingerprint density at radius 3 is 2.70 bits per heavy atom. The maximum atomic E-state index is 13.4. The van der Waals surface area contributed by atoms with Crippen molar-refractivity contribution in [1.29, 1.82) is 0 Å². The number of fused-ring (bicyclic) bond motifs is 2. The Morgan fingerprint density at radius 1 is 1.15 bits per heavy atom. The number of likely N-dealkylation sites (tertiary alicyclic amines) is 1. The van der Waals surface area contributed by atoms with E-state index in [0.29, 0.717) is 41.5 Å². The summed E-state index contributed by atoms with van der Waals surface area (Å²) in [5.74, 6) is -0.618. The molecule has 212 valence electrons. The number of thiazole rings is 1. The molecule has 0 spiro atoms. The lowest BCUT2D eigenvalue weighted by Crippen LogP contribution is -2.64. The Balaban J connectivity index is 1.21. The van der Waals surface area contributed by atoms with E-state index in [-0.39, 0.29) is 30.3 Å². The smallest absolute Gasteiger partial charge is 0.280 e. The monoisotopic (exact) mass is 584 g/mol. The number of benzene rings is 1. The van der Waals surface area contributed by atoms with Gasteiger partial charge in [0.05, 0.1) is 17.8 Å². The number of ether oxygens (including phenoxy) is 1. The zero-order valence-corrected chi connectivity index (χ0v) is 24.2. The minimum absolute atomic E-state index is 0.0504. The van der Waals surface area contributed by atoms with Crippen LogP contribution in [0.15, 0.2) is 24.3 Å². The first-order chi connectivity index (χ1) is 19.2. The number of aromatic amines is 1. The van der Waals surface area contributed by atoms with Gasteiger partial charge in [-0.15, -0.1) is 11.3 Å². The number of nitrogens with zero attached hydrogens (tertiary/aromatic N) is 3. The first kappa shape index (κ1) is 27.2. The van der Waals surface area contributed by atoms with Gasteiger partial charge in [0, 0.05) is 60.5 Å². The molecule has 1 saturated heterocycles. The van der Waals surface area contributed by atoms with Gasteiger partial charge in [0.15, 0.2) is 5.01 Å². The van der Waals surface area contributed by atoms with Crippen LogP contribution in [0.5, 0.6) is 0 Å². The topological polar surface area (TPSA) is 120 Å². The van der Waals surface area contributed by atoms with Crippen LogP contribution in [0.4, 0.5) is 0 Å². The number of hydrogen-bond acceptors (Lipinski definition) is 7. The molecular formula is C28H33ClN6O4S. The molecule has 2 unspecified atom stereocenters. The predicted molar refractivity (Wildman–Crippen MR) is 153 cm³/mol. The Bertz CT molecular complexity index is 1460. The van der Waals surface area contributed by atoms with Crippen LogP contribution in [0.1, 0.15) is 56.5 Å². The number of likely N-dealkylation sites (N-methyl/N-ethyl adjacent to an activating group) is 1. The van der Waals surface area contributed by atoms with Crippen LogP contribution in [-0.4, -0.2) is 89.0 Å². The van der Waals surface area contributed by atoms with Crippen LogP contribution in [0.2, 0.25) is 5.02 Å². The second-order valence-electron chi connectivity index (χ2n) is 11.0. The third kappa shape index (κ3) is 5.11. The number of H-pyrrole nitrogens is 1. The number of nitrogens with one attached hydrogen (secondary N) is 3. The zero-order chi connectivity index (χ0) is 28.0. The van der Waals surface area contributed by atoms with Crippen molar-refractivity contribution in [2.24, 2.45) is 0 Å². The quantitative estimate of drug-likeness (QED) is 0.410. The molecule has 10 nitrogen and oxygen atoms in total. The van der Waals surface area contributed by atoms with Gasteiger partial charge in [-0.2, -0.15) is 0 Å². The number of halogens is 1. The van der Waals surface area contributed by atoms with Gasteiger partial charge in [0.25, 0.3) is 17.7 Å². The number of rotatable bonds is 6. The van der Waals surface area contributed by atoms with Gasteiger partial charge in [-0.3, -0.25) is 14.4 Å². The van der Waals surface area contributed by atoms with Crippen molar-refractivity contribution < 1.29 is 19.1 Å². The highest BCUT2D eigenvalue weighted by Gasteiger charge is 2.48. The fraction of sp³-hybridized carbons (Fsp3) is 0.500. The van der Waals surface area contributed by atoms with Gasteiger partial charge in [0.2, 0.25) is 0 Å². The molecular weight excluding hydrogens is 552 g/mol. The number of methoxy groups -OCH3 is 1. The van der Waals surface area contributed by atoms with Crippen LogP contribution in [-0.2, 0) is 22.5 Å². The molecule has 0 bridgehead atoms. The summed E-state index contributed by atoms with van der Waals surface area (Å²) in [5.41, 5.74) is 1.41. The lowest BCUT2D eigenvalue weighted by molar-refractivity contribution is -0.167. The molecule has 12 heteroatoms. The molecule has 40 heavy (non-hydrogen) atoms. The number of aromatic nitrogens is 2. The highest BCUT2D eigenvalue weighted by atomic mass is 35.5. The SMILES string of the molecule is COC1(C(=O)N2CCC(NC(=O)c3cc4cc(Cl)ccc4[nH]3)C(NC(=O)c3nc4c(s3)CN(C)CC4)C2)CCC1. The van der Waals surface area contributed by atoms with Crippen molar-refractivity contribution in [2.75, 3.05) is 33.8 Å². The first-order valence-electron chi connectivity index (χ1n) is 13.7. The predicted octanol–water partition coefficient (Wildman–Crippen LogP) is 2.96. The van der Waals surface area contributed by atoms with E-state index in [4.69, 9.17) is 16.3 Å². The Labute approximate surface area is 241 Å². The average molecular weight is 585 g/mol. The maximum absolute atomic E-state index is 13.4. The lowest BCUT2D eigenvalue weighted by Gasteiger charge is -2.46. The van der Waals surface area contributed by atoms with Crippen LogP contribution >= 0.6 is 22.9 Å². The molecule has 3 amide bonds. The Morgan fingerprint density at radius 2 is 1.95 bits per heavy atom. The largest absolute Gasteiger partial charge is 0.368 e. The van der Waals surface area contributed by atoms with Crippen LogP contribution < -0.4 is 10.6 Å². The van der Waals surface area contributed by atoms with Gasteiger partial charge in [-0.1, -0.05) is 11.6 Å². The third-order valence-corrected chi connectivity index (χ3v) is 9.73. The van der Waals surface area contributed by atoms with E-state index in [2.05, 4.69) is 32.5 Å². The molecule has 2 atom stereocenters. The van der Waals surface area contributed by atoms with Gasteiger partial charge < -0.3 is 30.2 Å². The highest BCUT2D eigenvalue weighted by molar-refractivity contribution is 7.13. The molecule has 6 rings (SSSR count). The maximum Gasteiger partial charge on any atom is 0.280 e. The number of carbonyl (C=O) groups excluding carboxylic acids is 3. The van der Waals surface area contributed by atoms with Gasteiger partial charge in [0.1, 0.15) is 11.3 Å². The van der Waals surface area contributed by atoms with Crippen molar-refractivity contribution >= 4 is 51.6 Å². The summed E-state index contributed by atoms with van der Waals surface area (Å²) in [6, 6.07) is 6.29. The standard InChI is InChI=1S/C28H33ClN6O4S/c1-34-10-6-20-23(15-34)40-26(33-20)25(37)32-22-14-35(27(38)28(39-2)8-3-9-28)11-7-19(22)31-24(36)21-13-16-12-17(29)4-5-18(16)30-21/h4-5,12-13,19,22,30H,3,6-11,14-15H2,1-2H3,(H,31,36)(H,32,37). The summed E-state index contributed by atoms with van der Waals surface area (Å²) in [7, 11) is 3.64. The number of carbonyl (C=O) groups is 3. The molecule has 2 aliphatic heterocycles. The summed E-state index contributed by atoms with van der Waals surface area (Å²) in [6.07, 6.45) is 3.65. The van der Waals surface area contributed by atoms with E-state index in [9.17, 15) is 14.4 Å². The summed E-state index contributed by atoms with van der Waals surface area (Å²) in [6.45, 7) is 2.42.